The molecule has 3 rings (SSSR count). The van der Waals surface area contributed by atoms with Gasteiger partial charge in [0.15, 0.2) is 0 Å². The zero-order valence-corrected chi connectivity index (χ0v) is 20.9. The molecule has 0 aromatic heterocycles. The quantitative estimate of drug-likeness (QED) is 0.352. The van der Waals surface area contributed by atoms with Crippen LogP contribution in [-0.4, -0.2) is 72.3 Å². The predicted octanol–water partition coefficient (Wildman–Crippen LogP) is 1.76. The summed E-state index contributed by atoms with van der Waals surface area (Å²) in [5.74, 6) is -0.475. The first-order valence-corrected chi connectivity index (χ1v) is 12.4. The van der Waals surface area contributed by atoms with Crippen LogP contribution < -0.4 is 15.4 Å². The number of benzene rings is 2. The van der Waals surface area contributed by atoms with Gasteiger partial charge in [0.2, 0.25) is 5.91 Å². The molecule has 9 nitrogen and oxygen atoms in total. The smallest absolute Gasteiger partial charge is 0.475 e. The van der Waals surface area contributed by atoms with Crippen molar-refractivity contribution in [3.63, 3.8) is 0 Å². The minimum Gasteiger partial charge on any atom is -0.489 e. The van der Waals surface area contributed by atoms with Crippen LogP contribution in [0.25, 0.3) is 0 Å². The third kappa shape index (κ3) is 8.85. The van der Waals surface area contributed by atoms with Crippen molar-refractivity contribution in [1.82, 2.24) is 15.5 Å². The van der Waals surface area contributed by atoms with Crippen LogP contribution in [0.3, 0.4) is 0 Å². The van der Waals surface area contributed by atoms with Crippen LogP contribution >= 0.6 is 0 Å². The maximum atomic E-state index is 13.2. The van der Waals surface area contributed by atoms with E-state index in [9.17, 15) is 19.6 Å². The number of nitrogens with zero attached hydrogens (tertiary/aromatic N) is 1. The standard InChI is InChI=1S/C26H36BN3O6/c1-19(2)16-24(27(33)34)29-25(31)23(28-26(32)30-12-14-35-15-13-30)17-20-8-10-22(11-9-20)36-18-21-6-4-3-5-7-21/h3-11,19,23-24,33-34H,12-18H2,1-2H3,(H,28,32)(H,29,31). The number of carbonyl (C=O) groups is 2. The fourth-order valence-electron chi connectivity index (χ4n) is 3.96. The summed E-state index contributed by atoms with van der Waals surface area (Å²) in [5, 5.41) is 25.0. The maximum Gasteiger partial charge on any atom is 0.475 e. The van der Waals surface area contributed by atoms with Crippen LogP contribution in [0.1, 0.15) is 31.4 Å². The maximum absolute atomic E-state index is 13.2. The first-order valence-electron chi connectivity index (χ1n) is 12.4. The van der Waals surface area contributed by atoms with E-state index >= 15 is 0 Å². The molecular weight excluding hydrogens is 461 g/mol. The van der Waals surface area contributed by atoms with Gasteiger partial charge in [-0.2, -0.15) is 0 Å². The lowest BCUT2D eigenvalue weighted by atomic mass is 9.75. The zero-order chi connectivity index (χ0) is 25.9. The number of urea groups is 1. The highest BCUT2D eigenvalue weighted by Gasteiger charge is 2.31. The van der Waals surface area contributed by atoms with Crippen molar-refractivity contribution in [2.75, 3.05) is 26.3 Å². The highest BCUT2D eigenvalue weighted by Crippen LogP contribution is 2.16. The summed E-state index contributed by atoms with van der Waals surface area (Å²) in [6.07, 6.45) is 0.623. The van der Waals surface area contributed by atoms with E-state index in [4.69, 9.17) is 9.47 Å². The van der Waals surface area contributed by atoms with E-state index in [0.29, 0.717) is 45.1 Å². The second-order valence-electron chi connectivity index (χ2n) is 9.38. The van der Waals surface area contributed by atoms with Gasteiger partial charge in [0, 0.05) is 19.5 Å². The van der Waals surface area contributed by atoms with E-state index in [2.05, 4.69) is 10.6 Å². The summed E-state index contributed by atoms with van der Waals surface area (Å²) in [7, 11) is -1.70. The summed E-state index contributed by atoms with van der Waals surface area (Å²) in [4.78, 5) is 27.6. The molecule has 2 aromatic carbocycles. The van der Waals surface area contributed by atoms with Crippen molar-refractivity contribution in [2.24, 2.45) is 5.92 Å². The van der Waals surface area contributed by atoms with E-state index in [1.165, 1.54) is 0 Å². The van der Waals surface area contributed by atoms with Crippen LogP contribution in [0.5, 0.6) is 5.75 Å². The molecule has 0 radical (unpaired) electrons. The molecule has 1 fully saturated rings. The Hall–Kier alpha value is -3.08. The Balaban J connectivity index is 1.67. The predicted molar refractivity (Wildman–Crippen MR) is 137 cm³/mol. The van der Waals surface area contributed by atoms with Crippen molar-refractivity contribution in [3.05, 3.63) is 65.7 Å². The van der Waals surface area contributed by atoms with Crippen molar-refractivity contribution in [2.45, 2.75) is 45.3 Å². The van der Waals surface area contributed by atoms with Crippen molar-refractivity contribution in [3.8, 4) is 5.75 Å². The third-order valence-electron chi connectivity index (χ3n) is 5.94. The van der Waals surface area contributed by atoms with Gasteiger partial charge in [-0.3, -0.25) is 4.79 Å². The number of nitrogens with one attached hydrogen (secondary N) is 2. The third-order valence-corrected chi connectivity index (χ3v) is 5.94. The average molecular weight is 497 g/mol. The fraction of sp³-hybridized carbons (Fsp3) is 0.462. The molecule has 2 unspecified atom stereocenters. The second kappa shape index (κ2) is 13.9. The molecule has 1 aliphatic heterocycles. The number of carbonyl (C=O) groups excluding carboxylic acids is 2. The highest BCUT2D eigenvalue weighted by atomic mass is 16.5. The van der Waals surface area contributed by atoms with E-state index in [-0.39, 0.29) is 18.4 Å². The summed E-state index contributed by atoms with van der Waals surface area (Å²) in [6.45, 7) is 6.09. The monoisotopic (exact) mass is 497 g/mol. The Labute approximate surface area is 212 Å². The highest BCUT2D eigenvalue weighted by molar-refractivity contribution is 6.43. The van der Waals surface area contributed by atoms with Gasteiger partial charge in [-0.1, -0.05) is 56.3 Å². The second-order valence-corrected chi connectivity index (χ2v) is 9.38. The van der Waals surface area contributed by atoms with E-state index in [1.54, 1.807) is 4.90 Å². The number of rotatable bonds is 11. The molecule has 0 bridgehead atoms. The summed E-state index contributed by atoms with van der Waals surface area (Å²) >= 11 is 0. The largest absolute Gasteiger partial charge is 0.489 e. The van der Waals surface area contributed by atoms with E-state index in [0.717, 1.165) is 11.1 Å². The zero-order valence-electron chi connectivity index (χ0n) is 20.9. The summed E-state index contributed by atoms with van der Waals surface area (Å²) < 4.78 is 11.1. The van der Waals surface area contributed by atoms with Crippen LogP contribution in [0.15, 0.2) is 54.6 Å². The van der Waals surface area contributed by atoms with Crippen LogP contribution in [-0.2, 0) is 22.6 Å². The molecule has 36 heavy (non-hydrogen) atoms. The molecule has 0 aliphatic carbocycles. The van der Waals surface area contributed by atoms with Gasteiger partial charge in [-0.15, -0.1) is 0 Å². The Kier molecular flexibility index (Phi) is 10.6. The lowest BCUT2D eigenvalue weighted by molar-refractivity contribution is -0.123. The molecule has 3 amide bonds. The first-order chi connectivity index (χ1) is 17.3. The van der Waals surface area contributed by atoms with Gasteiger partial charge >= 0.3 is 13.1 Å². The summed E-state index contributed by atoms with van der Waals surface area (Å²) in [6, 6.07) is 16.0. The van der Waals surface area contributed by atoms with Gasteiger partial charge in [-0.05, 0) is 35.6 Å². The molecule has 1 aliphatic rings. The lowest BCUT2D eigenvalue weighted by Gasteiger charge is -2.30. The number of amides is 3. The number of ether oxygens (including phenoxy) is 2. The topological polar surface area (TPSA) is 120 Å². The molecule has 10 heteroatoms. The Morgan fingerprint density at radius 1 is 1.00 bits per heavy atom. The van der Waals surface area contributed by atoms with Crippen LogP contribution in [0.4, 0.5) is 4.79 Å². The molecule has 1 saturated heterocycles. The van der Waals surface area contributed by atoms with Crippen molar-refractivity contribution < 1.29 is 29.1 Å². The molecule has 194 valence electrons. The molecule has 4 N–H and O–H groups in total. The van der Waals surface area contributed by atoms with Crippen molar-refractivity contribution in [1.29, 1.82) is 0 Å². The summed E-state index contributed by atoms with van der Waals surface area (Å²) in [5.41, 5.74) is 1.89. The molecule has 2 atom stereocenters. The molecule has 0 saturated carbocycles. The minimum atomic E-state index is -1.70. The van der Waals surface area contributed by atoms with Gasteiger partial charge in [-0.25, -0.2) is 4.79 Å². The molecular formula is C26H36BN3O6. The normalized spacial score (nSPS) is 15.2. The average Bonchev–Trinajstić information content (AvgIpc) is 2.88. The van der Waals surface area contributed by atoms with Gasteiger partial charge in [0.05, 0.1) is 19.2 Å². The van der Waals surface area contributed by atoms with E-state index in [1.807, 2.05) is 68.4 Å². The van der Waals surface area contributed by atoms with Crippen LogP contribution in [0.2, 0.25) is 0 Å². The Morgan fingerprint density at radius 2 is 1.67 bits per heavy atom. The molecule has 0 spiro atoms. The van der Waals surface area contributed by atoms with Crippen molar-refractivity contribution >= 4 is 19.1 Å². The van der Waals surface area contributed by atoms with Gasteiger partial charge in [0.1, 0.15) is 18.4 Å². The molecule has 1 heterocycles. The molecule has 2 aromatic rings. The lowest BCUT2D eigenvalue weighted by Crippen LogP contribution is -2.57. The van der Waals surface area contributed by atoms with Gasteiger partial charge in [0.25, 0.3) is 0 Å². The first kappa shape index (κ1) is 27.5. The fourth-order valence-corrected chi connectivity index (χ4v) is 3.96. The van der Waals surface area contributed by atoms with Gasteiger partial charge < -0.3 is 35.1 Å². The number of morpholine rings is 1. The Bertz CT molecular complexity index is 952. The number of hydrogen-bond acceptors (Lipinski definition) is 6. The SMILES string of the molecule is CC(C)CC(NC(=O)C(Cc1ccc(OCc2ccccc2)cc1)NC(=O)N1CCOCC1)B(O)O. The minimum absolute atomic E-state index is 0.141. The van der Waals surface area contributed by atoms with Crippen LogP contribution in [0, 0.1) is 5.92 Å². The van der Waals surface area contributed by atoms with E-state index < -0.39 is 25.0 Å². The Morgan fingerprint density at radius 3 is 2.28 bits per heavy atom. The number of hydrogen-bond donors (Lipinski definition) is 4.